The Bertz CT molecular complexity index is 898. The van der Waals surface area contributed by atoms with Crippen LogP contribution in [-0.4, -0.2) is 55.1 Å². The van der Waals surface area contributed by atoms with Gasteiger partial charge in [-0.25, -0.2) is 9.97 Å². The van der Waals surface area contributed by atoms with Gasteiger partial charge in [0.15, 0.2) is 5.96 Å². The fourth-order valence-electron chi connectivity index (χ4n) is 2.82. The van der Waals surface area contributed by atoms with Crippen LogP contribution in [0.2, 0.25) is 0 Å². The molecule has 3 aromatic heterocycles. The van der Waals surface area contributed by atoms with Crippen molar-refractivity contribution in [3.05, 3.63) is 47.9 Å². The van der Waals surface area contributed by atoms with Gasteiger partial charge in [0, 0.05) is 46.0 Å². The van der Waals surface area contributed by atoms with Crippen molar-refractivity contribution < 1.29 is 0 Å². The summed E-state index contributed by atoms with van der Waals surface area (Å²) in [4.78, 5) is 15.8. The van der Waals surface area contributed by atoms with Crippen LogP contribution < -0.4 is 5.32 Å². The predicted molar refractivity (Wildman–Crippen MR) is 117 cm³/mol. The molecule has 27 heavy (non-hydrogen) atoms. The number of aliphatic imine (C=N–C) groups is 1. The molecule has 0 saturated carbocycles. The van der Waals surface area contributed by atoms with Gasteiger partial charge in [-0.2, -0.15) is 5.10 Å². The summed E-state index contributed by atoms with van der Waals surface area (Å²) in [5.41, 5.74) is 3.24. The zero-order chi connectivity index (χ0) is 18.5. The van der Waals surface area contributed by atoms with Gasteiger partial charge in [-0.1, -0.05) is 6.07 Å². The number of hydrogen-bond acceptors (Lipinski definition) is 4. The highest BCUT2D eigenvalue weighted by atomic mass is 127. The molecule has 0 aromatic carbocycles. The van der Waals surface area contributed by atoms with Crippen LogP contribution in [0.5, 0.6) is 0 Å². The van der Waals surface area contributed by atoms with Crippen molar-refractivity contribution >= 4 is 35.6 Å². The van der Waals surface area contributed by atoms with Crippen molar-refractivity contribution in [2.75, 3.05) is 20.1 Å². The number of guanidine groups is 1. The molecule has 0 aliphatic rings. The molecular formula is C18H27IN8. The third-order valence-corrected chi connectivity index (χ3v) is 4.24. The topological polar surface area (TPSA) is 75.6 Å². The monoisotopic (exact) mass is 482 g/mol. The van der Waals surface area contributed by atoms with Gasteiger partial charge >= 0.3 is 0 Å². The van der Waals surface area contributed by atoms with Crippen molar-refractivity contribution in [2.24, 2.45) is 12.0 Å². The summed E-state index contributed by atoms with van der Waals surface area (Å²) in [6.07, 6.45) is 6.47. The summed E-state index contributed by atoms with van der Waals surface area (Å²) >= 11 is 0. The average Bonchev–Trinajstić information content (AvgIpc) is 3.21. The van der Waals surface area contributed by atoms with Gasteiger partial charge < -0.3 is 14.6 Å². The minimum Gasteiger partial charge on any atom is -0.357 e. The smallest absolute Gasteiger partial charge is 0.194 e. The molecule has 3 aromatic rings. The minimum atomic E-state index is 0. The molecule has 0 radical (unpaired) electrons. The van der Waals surface area contributed by atoms with E-state index >= 15 is 0 Å². The van der Waals surface area contributed by atoms with Gasteiger partial charge in [0.1, 0.15) is 17.8 Å². The van der Waals surface area contributed by atoms with Crippen LogP contribution in [-0.2, 0) is 20.0 Å². The molecule has 1 N–H and O–H groups in total. The third-order valence-electron chi connectivity index (χ3n) is 4.24. The van der Waals surface area contributed by atoms with Gasteiger partial charge in [0.05, 0.1) is 12.2 Å². The Labute approximate surface area is 176 Å². The second-order valence-electron chi connectivity index (χ2n) is 6.30. The lowest BCUT2D eigenvalue weighted by Gasteiger charge is -2.21. The van der Waals surface area contributed by atoms with E-state index in [9.17, 15) is 0 Å². The van der Waals surface area contributed by atoms with E-state index in [1.165, 1.54) is 5.56 Å². The second kappa shape index (κ2) is 9.67. The van der Waals surface area contributed by atoms with E-state index in [-0.39, 0.29) is 24.0 Å². The van der Waals surface area contributed by atoms with Crippen LogP contribution in [0.4, 0.5) is 0 Å². The highest BCUT2D eigenvalue weighted by Gasteiger charge is 2.10. The first-order valence-corrected chi connectivity index (χ1v) is 8.84. The summed E-state index contributed by atoms with van der Waals surface area (Å²) in [5.74, 6) is 1.75. The fourth-order valence-corrected chi connectivity index (χ4v) is 2.82. The van der Waals surface area contributed by atoms with Crippen LogP contribution in [0.15, 0.2) is 35.8 Å². The van der Waals surface area contributed by atoms with Crippen molar-refractivity contribution in [2.45, 2.75) is 26.8 Å². The Morgan fingerprint density at radius 3 is 2.85 bits per heavy atom. The number of pyridine rings is 1. The number of rotatable bonds is 6. The number of aromatic nitrogens is 5. The standard InChI is InChI=1S/C18H26N8.HI/c1-5-19-18(24(3)12-16-21-13-22-25(16)4)20-9-8-15-11-26-10-6-7-14(2)17(26)23-15;/h6-7,10-11,13H,5,8-9,12H2,1-4H3,(H,19,20);1H. The number of halogens is 1. The predicted octanol–water partition coefficient (Wildman–Crippen LogP) is 2.03. The summed E-state index contributed by atoms with van der Waals surface area (Å²) < 4.78 is 3.85. The maximum Gasteiger partial charge on any atom is 0.194 e. The number of nitrogens with zero attached hydrogens (tertiary/aromatic N) is 7. The summed E-state index contributed by atoms with van der Waals surface area (Å²) in [6, 6.07) is 4.12. The molecule has 0 aliphatic carbocycles. The highest BCUT2D eigenvalue weighted by Crippen LogP contribution is 2.10. The molecule has 8 nitrogen and oxygen atoms in total. The van der Waals surface area contributed by atoms with Crippen LogP contribution in [0, 0.1) is 6.92 Å². The number of fused-ring (bicyclic) bond motifs is 1. The fraction of sp³-hybridized carbons (Fsp3) is 0.444. The summed E-state index contributed by atoms with van der Waals surface area (Å²) in [5, 5.41) is 7.44. The molecule has 0 unspecified atom stereocenters. The molecule has 0 saturated heterocycles. The highest BCUT2D eigenvalue weighted by molar-refractivity contribution is 14.0. The number of aryl methyl sites for hydroxylation is 2. The lowest BCUT2D eigenvalue weighted by molar-refractivity contribution is 0.448. The van der Waals surface area contributed by atoms with Crippen LogP contribution in [0.1, 0.15) is 24.0 Å². The molecule has 0 amide bonds. The SMILES string of the molecule is CCNC(=NCCc1cn2cccc(C)c2n1)N(C)Cc1ncnn1C.I. The van der Waals surface area contributed by atoms with E-state index in [1.807, 2.05) is 26.4 Å². The van der Waals surface area contributed by atoms with Crippen LogP contribution >= 0.6 is 24.0 Å². The van der Waals surface area contributed by atoms with E-state index in [0.717, 1.165) is 36.1 Å². The number of nitrogens with one attached hydrogen (secondary N) is 1. The van der Waals surface area contributed by atoms with E-state index < -0.39 is 0 Å². The second-order valence-corrected chi connectivity index (χ2v) is 6.30. The van der Waals surface area contributed by atoms with Gasteiger partial charge in [0.2, 0.25) is 0 Å². The minimum absolute atomic E-state index is 0. The molecular weight excluding hydrogens is 455 g/mol. The van der Waals surface area contributed by atoms with E-state index in [0.29, 0.717) is 13.1 Å². The van der Waals surface area contributed by atoms with E-state index in [4.69, 9.17) is 9.98 Å². The molecule has 0 fully saturated rings. The average molecular weight is 482 g/mol. The Balaban J connectivity index is 0.00000261. The first kappa shape index (κ1) is 21.1. The summed E-state index contributed by atoms with van der Waals surface area (Å²) in [6.45, 7) is 6.28. The molecule has 146 valence electrons. The van der Waals surface area contributed by atoms with E-state index in [2.05, 4.69) is 50.8 Å². The normalized spacial score (nSPS) is 11.5. The number of imidazole rings is 1. The van der Waals surface area contributed by atoms with Gasteiger partial charge in [-0.05, 0) is 25.5 Å². The van der Waals surface area contributed by atoms with Crippen molar-refractivity contribution in [1.82, 2.24) is 34.4 Å². The first-order chi connectivity index (χ1) is 12.6. The largest absolute Gasteiger partial charge is 0.357 e. The molecule has 9 heteroatoms. The van der Waals surface area contributed by atoms with Gasteiger partial charge in [-0.3, -0.25) is 9.67 Å². The molecule has 3 rings (SSSR count). The van der Waals surface area contributed by atoms with Gasteiger partial charge in [-0.15, -0.1) is 24.0 Å². The Hall–Kier alpha value is -2.17. The van der Waals surface area contributed by atoms with Crippen molar-refractivity contribution in [1.29, 1.82) is 0 Å². The summed E-state index contributed by atoms with van der Waals surface area (Å²) in [7, 11) is 3.90. The van der Waals surface area contributed by atoms with Crippen LogP contribution in [0.25, 0.3) is 5.65 Å². The zero-order valence-electron chi connectivity index (χ0n) is 16.3. The van der Waals surface area contributed by atoms with Gasteiger partial charge in [0.25, 0.3) is 0 Å². The lowest BCUT2D eigenvalue weighted by atomic mass is 10.3. The zero-order valence-corrected chi connectivity index (χ0v) is 18.6. The number of hydrogen-bond donors (Lipinski definition) is 1. The van der Waals surface area contributed by atoms with Crippen LogP contribution in [0.3, 0.4) is 0 Å². The molecule has 0 spiro atoms. The third kappa shape index (κ3) is 5.18. The first-order valence-electron chi connectivity index (χ1n) is 8.84. The maximum absolute atomic E-state index is 4.74. The molecule has 0 atom stereocenters. The lowest BCUT2D eigenvalue weighted by Crippen LogP contribution is -2.39. The Morgan fingerprint density at radius 2 is 2.19 bits per heavy atom. The van der Waals surface area contributed by atoms with E-state index in [1.54, 1.807) is 11.0 Å². The quantitative estimate of drug-likeness (QED) is 0.331. The van der Waals surface area contributed by atoms with Crippen molar-refractivity contribution in [3.63, 3.8) is 0 Å². The maximum atomic E-state index is 4.74. The molecule has 0 aliphatic heterocycles. The Morgan fingerprint density at radius 1 is 1.37 bits per heavy atom. The molecule has 0 bridgehead atoms. The van der Waals surface area contributed by atoms with Crippen molar-refractivity contribution in [3.8, 4) is 0 Å². The Kier molecular flexibility index (Phi) is 7.57. The molecule has 3 heterocycles.